The largest absolute Gasteiger partial charge is 0.504 e. The van der Waals surface area contributed by atoms with Gasteiger partial charge in [-0.05, 0) is 54.6 Å². The van der Waals surface area contributed by atoms with Crippen molar-refractivity contribution in [3.05, 3.63) is 82.1 Å². The molecule has 1 amide bonds. The number of ether oxygens (including phenoxy) is 1. The van der Waals surface area contributed by atoms with Crippen molar-refractivity contribution in [2.75, 3.05) is 5.32 Å². The van der Waals surface area contributed by atoms with E-state index >= 15 is 0 Å². The van der Waals surface area contributed by atoms with E-state index in [4.69, 9.17) is 27.9 Å². The first kappa shape index (κ1) is 18.0. The minimum atomic E-state index is -0.873. The monoisotopic (exact) mass is 391 g/mol. The molecule has 0 aliphatic heterocycles. The van der Waals surface area contributed by atoms with Crippen molar-refractivity contribution in [1.82, 2.24) is 0 Å². The van der Waals surface area contributed by atoms with Gasteiger partial charge in [0.2, 0.25) is 0 Å². The Morgan fingerprint density at radius 2 is 1.77 bits per heavy atom. The lowest BCUT2D eigenvalue weighted by Crippen LogP contribution is -2.12. The molecule has 0 aliphatic carbocycles. The zero-order valence-electron chi connectivity index (χ0n) is 13.2. The van der Waals surface area contributed by atoms with Gasteiger partial charge in [0.1, 0.15) is 11.5 Å². The molecule has 4 nitrogen and oxygen atoms in total. The van der Waals surface area contributed by atoms with E-state index in [2.05, 4.69) is 5.32 Å². The van der Waals surface area contributed by atoms with E-state index in [1.165, 1.54) is 18.2 Å². The van der Waals surface area contributed by atoms with Gasteiger partial charge in [0, 0.05) is 10.7 Å². The lowest BCUT2D eigenvalue weighted by atomic mass is 10.1. The Morgan fingerprint density at radius 3 is 2.46 bits per heavy atom. The van der Waals surface area contributed by atoms with Crippen molar-refractivity contribution in [2.24, 2.45) is 0 Å². The summed E-state index contributed by atoms with van der Waals surface area (Å²) in [6, 6.07) is 15.1. The summed E-state index contributed by atoms with van der Waals surface area (Å²) < 4.78 is 19.0. The number of hydrogen-bond donors (Lipinski definition) is 2. The van der Waals surface area contributed by atoms with E-state index in [-0.39, 0.29) is 10.6 Å². The van der Waals surface area contributed by atoms with Crippen LogP contribution in [0.2, 0.25) is 10.0 Å². The van der Waals surface area contributed by atoms with Gasteiger partial charge in [-0.25, -0.2) is 4.39 Å². The summed E-state index contributed by atoms with van der Waals surface area (Å²) in [4.78, 5) is 12.2. The Hall–Kier alpha value is -2.76. The molecule has 0 spiro atoms. The second-order valence-corrected chi connectivity index (χ2v) is 6.13. The number of halogens is 3. The number of aromatic hydroxyl groups is 1. The SMILES string of the molecule is O=C(Nc1ccc(Oc2ccc(Cl)cc2)c(Cl)c1)c1cccc(F)c1O. The third-order valence-electron chi connectivity index (χ3n) is 3.46. The number of phenolic OH excluding ortho intramolecular Hbond substituents is 1. The van der Waals surface area contributed by atoms with Crippen LogP contribution in [0.5, 0.6) is 17.2 Å². The molecule has 3 aromatic carbocycles. The molecule has 0 saturated heterocycles. The van der Waals surface area contributed by atoms with Gasteiger partial charge in [-0.3, -0.25) is 4.79 Å². The van der Waals surface area contributed by atoms with E-state index < -0.39 is 17.5 Å². The van der Waals surface area contributed by atoms with Gasteiger partial charge in [0.15, 0.2) is 11.6 Å². The lowest BCUT2D eigenvalue weighted by Gasteiger charge is -2.11. The summed E-state index contributed by atoms with van der Waals surface area (Å²) in [6.07, 6.45) is 0. The van der Waals surface area contributed by atoms with E-state index in [0.717, 1.165) is 6.07 Å². The van der Waals surface area contributed by atoms with Gasteiger partial charge >= 0.3 is 0 Å². The molecule has 3 rings (SSSR count). The molecule has 0 saturated carbocycles. The van der Waals surface area contributed by atoms with Gasteiger partial charge in [-0.2, -0.15) is 0 Å². The molecule has 0 heterocycles. The van der Waals surface area contributed by atoms with Gasteiger partial charge in [0.25, 0.3) is 5.91 Å². The second-order valence-electron chi connectivity index (χ2n) is 5.29. The molecule has 0 fully saturated rings. The smallest absolute Gasteiger partial charge is 0.259 e. The minimum absolute atomic E-state index is 0.178. The summed E-state index contributed by atoms with van der Waals surface area (Å²) in [5.41, 5.74) is 0.190. The highest BCUT2D eigenvalue weighted by molar-refractivity contribution is 6.32. The van der Waals surface area contributed by atoms with E-state index in [1.807, 2.05) is 0 Å². The Kier molecular flexibility index (Phi) is 5.30. The quantitative estimate of drug-likeness (QED) is 0.583. The van der Waals surface area contributed by atoms with Crippen LogP contribution in [0.3, 0.4) is 0 Å². The molecule has 0 unspecified atom stereocenters. The number of anilines is 1. The molecular weight excluding hydrogens is 380 g/mol. The van der Waals surface area contributed by atoms with E-state index in [1.54, 1.807) is 36.4 Å². The fourth-order valence-corrected chi connectivity index (χ4v) is 2.53. The van der Waals surface area contributed by atoms with Crippen molar-refractivity contribution >= 4 is 34.8 Å². The second kappa shape index (κ2) is 7.64. The first-order chi connectivity index (χ1) is 12.4. The predicted molar refractivity (Wildman–Crippen MR) is 99.0 cm³/mol. The predicted octanol–water partition coefficient (Wildman–Crippen LogP) is 5.88. The number of carbonyl (C=O) groups is 1. The Balaban J connectivity index is 1.76. The summed E-state index contributed by atoms with van der Waals surface area (Å²) in [5, 5.41) is 13.0. The van der Waals surface area contributed by atoms with Gasteiger partial charge in [-0.1, -0.05) is 29.3 Å². The maximum atomic E-state index is 13.4. The molecule has 0 aliphatic rings. The molecule has 132 valence electrons. The van der Waals surface area contributed by atoms with Crippen LogP contribution in [0.4, 0.5) is 10.1 Å². The zero-order valence-corrected chi connectivity index (χ0v) is 14.7. The third kappa shape index (κ3) is 4.07. The van der Waals surface area contributed by atoms with Crippen LogP contribution < -0.4 is 10.1 Å². The number of nitrogens with one attached hydrogen (secondary N) is 1. The fourth-order valence-electron chi connectivity index (χ4n) is 2.19. The number of para-hydroxylation sites is 1. The first-order valence-electron chi connectivity index (χ1n) is 7.46. The maximum absolute atomic E-state index is 13.4. The molecule has 26 heavy (non-hydrogen) atoms. The van der Waals surface area contributed by atoms with E-state index in [0.29, 0.717) is 22.2 Å². The molecule has 2 N–H and O–H groups in total. The fraction of sp³-hybridized carbons (Fsp3) is 0. The van der Waals surface area contributed by atoms with Crippen LogP contribution in [0, 0.1) is 5.82 Å². The normalized spacial score (nSPS) is 10.4. The van der Waals surface area contributed by atoms with Crippen molar-refractivity contribution in [2.45, 2.75) is 0 Å². The molecule has 0 bridgehead atoms. The van der Waals surface area contributed by atoms with Crippen LogP contribution in [0.25, 0.3) is 0 Å². The minimum Gasteiger partial charge on any atom is -0.504 e. The summed E-state index contributed by atoms with van der Waals surface area (Å²) >= 11 is 12.0. The molecule has 0 radical (unpaired) electrons. The van der Waals surface area contributed by atoms with E-state index in [9.17, 15) is 14.3 Å². The highest BCUT2D eigenvalue weighted by Crippen LogP contribution is 2.32. The summed E-state index contributed by atoms with van der Waals surface area (Å²) in [7, 11) is 0. The van der Waals surface area contributed by atoms with Crippen molar-refractivity contribution in [1.29, 1.82) is 0 Å². The van der Waals surface area contributed by atoms with Gasteiger partial charge in [-0.15, -0.1) is 0 Å². The number of hydrogen-bond acceptors (Lipinski definition) is 3. The maximum Gasteiger partial charge on any atom is 0.259 e. The number of amides is 1. The van der Waals surface area contributed by atoms with Crippen LogP contribution in [0.15, 0.2) is 60.7 Å². The molecular formula is C19H12Cl2FNO3. The van der Waals surface area contributed by atoms with Crippen molar-refractivity contribution in [3.63, 3.8) is 0 Å². The number of rotatable bonds is 4. The number of benzene rings is 3. The summed E-state index contributed by atoms with van der Waals surface area (Å²) in [5.74, 6) is -1.30. The number of phenols is 1. The lowest BCUT2D eigenvalue weighted by molar-refractivity contribution is 0.102. The third-order valence-corrected chi connectivity index (χ3v) is 4.01. The van der Waals surface area contributed by atoms with Crippen LogP contribution in [-0.2, 0) is 0 Å². The zero-order chi connectivity index (χ0) is 18.7. The molecule has 0 aromatic heterocycles. The number of carbonyl (C=O) groups excluding carboxylic acids is 1. The van der Waals surface area contributed by atoms with Crippen molar-refractivity contribution in [3.8, 4) is 17.2 Å². The van der Waals surface area contributed by atoms with Crippen LogP contribution in [0.1, 0.15) is 10.4 Å². The summed E-state index contributed by atoms with van der Waals surface area (Å²) in [6.45, 7) is 0. The topological polar surface area (TPSA) is 58.6 Å². The van der Waals surface area contributed by atoms with Crippen LogP contribution in [-0.4, -0.2) is 11.0 Å². The Bertz CT molecular complexity index is 961. The van der Waals surface area contributed by atoms with Crippen LogP contribution >= 0.6 is 23.2 Å². The molecule has 7 heteroatoms. The average Bonchev–Trinajstić information content (AvgIpc) is 2.61. The molecule has 3 aromatic rings. The molecule has 0 atom stereocenters. The Morgan fingerprint density at radius 1 is 1.04 bits per heavy atom. The highest BCUT2D eigenvalue weighted by atomic mass is 35.5. The standard InChI is InChI=1S/C19H12Cl2FNO3/c20-11-4-7-13(8-5-11)26-17-9-6-12(10-15(17)21)23-19(25)14-2-1-3-16(22)18(14)24/h1-10,24H,(H,23,25). The average molecular weight is 392 g/mol. The first-order valence-corrected chi connectivity index (χ1v) is 8.21. The van der Waals surface area contributed by atoms with Gasteiger partial charge < -0.3 is 15.2 Å². The van der Waals surface area contributed by atoms with Crippen molar-refractivity contribution < 1.29 is 19.0 Å². The van der Waals surface area contributed by atoms with Gasteiger partial charge in [0.05, 0.1) is 10.6 Å². The Labute approximate surface area is 158 Å². The highest BCUT2D eigenvalue weighted by Gasteiger charge is 2.15.